The Morgan fingerprint density at radius 3 is 2.81 bits per heavy atom. The molecule has 1 N–H and O–H groups in total. The van der Waals surface area contributed by atoms with Gasteiger partial charge in [0.15, 0.2) is 4.77 Å². The van der Waals surface area contributed by atoms with E-state index in [-0.39, 0.29) is 0 Å². The number of aromatic nitrogens is 2. The van der Waals surface area contributed by atoms with E-state index in [1.807, 2.05) is 18.3 Å². The number of rotatable bonds is 3. The molecule has 0 aliphatic carbocycles. The lowest BCUT2D eigenvalue weighted by molar-refractivity contribution is 0.690. The maximum atomic E-state index is 5.92. The van der Waals surface area contributed by atoms with Gasteiger partial charge in [-0.25, -0.2) is 0 Å². The summed E-state index contributed by atoms with van der Waals surface area (Å²) in [5.41, 5.74) is 1.23. The van der Waals surface area contributed by atoms with Crippen molar-refractivity contribution in [3.63, 3.8) is 0 Å². The third-order valence-corrected chi connectivity index (χ3v) is 3.99. The molecule has 0 aliphatic rings. The minimum atomic E-state index is 0.461. The molecule has 0 aromatic carbocycles. The molecule has 0 spiro atoms. The number of nitrogens with zero attached hydrogens (tertiary/aromatic N) is 1. The fraction of sp³-hybridized carbons (Fsp3) is 0.364. The summed E-state index contributed by atoms with van der Waals surface area (Å²) in [6.07, 6.45) is 1.99. The Morgan fingerprint density at radius 1 is 1.50 bits per heavy atom. The Hall–Kier alpha value is -0.580. The third-order valence-electron chi connectivity index (χ3n) is 2.43. The number of hydrogen-bond donors (Lipinski definition) is 1. The number of aromatic amines is 1. The van der Waals surface area contributed by atoms with Crippen LogP contribution in [-0.4, -0.2) is 9.55 Å². The number of H-pyrrole nitrogens is 1. The maximum absolute atomic E-state index is 5.92. The fourth-order valence-electron chi connectivity index (χ4n) is 1.64. The third kappa shape index (κ3) is 2.39. The molecule has 0 radical (unpaired) electrons. The monoisotopic (exact) mass is 272 g/mol. The first-order valence-electron chi connectivity index (χ1n) is 5.10. The van der Waals surface area contributed by atoms with Crippen molar-refractivity contribution in [3.8, 4) is 0 Å². The van der Waals surface area contributed by atoms with Crippen LogP contribution in [0.25, 0.3) is 0 Å². The first kappa shape index (κ1) is 11.9. The number of imidazole rings is 1. The maximum Gasteiger partial charge on any atom is 0.177 e. The van der Waals surface area contributed by atoms with Crippen LogP contribution in [0.5, 0.6) is 0 Å². The predicted molar refractivity (Wildman–Crippen MR) is 72.1 cm³/mol. The topological polar surface area (TPSA) is 20.7 Å². The zero-order valence-electron chi connectivity index (χ0n) is 9.16. The standard InChI is InChI=1S/C11H13ClN2S2/c1-7(2)9-5-13-11(15)14(9)6-8-3-4-10(12)16-8/h3-5,7H,6H2,1-2H3,(H,13,15). The van der Waals surface area contributed by atoms with Gasteiger partial charge in [-0.1, -0.05) is 25.4 Å². The highest BCUT2D eigenvalue weighted by atomic mass is 35.5. The lowest BCUT2D eigenvalue weighted by Gasteiger charge is -2.09. The summed E-state index contributed by atoms with van der Waals surface area (Å²) in [5, 5.41) is 0. The first-order chi connectivity index (χ1) is 7.58. The molecule has 0 bridgehead atoms. The van der Waals surface area contributed by atoms with Crippen molar-refractivity contribution in [2.75, 3.05) is 0 Å². The van der Waals surface area contributed by atoms with Crippen LogP contribution >= 0.6 is 35.2 Å². The Kier molecular flexibility index (Phi) is 3.52. The molecule has 0 saturated heterocycles. The lowest BCUT2D eigenvalue weighted by Crippen LogP contribution is -2.04. The first-order valence-corrected chi connectivity index (χ1v) is 6.70. The molecule has 0 amide bonds. The van der Waals surface area contributed by atoms with E-state index in [4.69, 9.17) is 23.8 Å². The van der Waals surface area contributed by atoms with E-state index in [1.54, 1.807) is 11.3 Å². The van der Waals surface area contributed by atoms with Crippen molar-refractivity contribution in [2.24, 2.45) is 0 Å². The van der Waals surface area contributed by atoms with Crippen LogP contribution in [-0.2, 0) is 6.54 Å². The molecule has 16 heavy (non-hydrogen) atoms. The molecule has 0 saturated carbocycles. The summed E-state index contributed by atoms with van der Waals surface area (Å²) < 4.78 is 3.72. The van der Waals surface area contributed by atoms with Gasteiger partial charge in [0.05, 0.1) is 10.9 Å². The summed E-state index contributed by atoms with van der Waals surface area (Å²) in [7, 11) is 0. The molecule has 0 fully saturated rings. The molecule has 0 aliphatic heterocycles. The summed E-state index contributed by atoms with van der Waals surface area (Å²) in [5.74, 6) is 0.461. The van der Waals surface area contributed by atoms with Crippen molar-refractivity contribution in [2.45, 2.75) is 26.3 Å². The molecular formula is C11H13ClN2S2. The second-order valence-corrected chi connectivity index (χ2v) is 6.15. The minimum Gasteiger partial charge on any atom is -0.337 e. The normalized spacial score (nSPS) is 11.2. The van der Waals surface area contributed by atoms with Crippen LogP contribution in [0.2, 0.25) is 4.34 Å². The van der Waals surface area contributed by atoms with E-state index in [0.29, 0.717) is 5.92 Å². The summed E-state index contributed by atoms with van der Waals surface area (Å²) in [6, 6.07) is 3.97. The fourth-order valence-corrected chi connectivity index (χ4v) is 2.95. The van der Waals surface area contributed by atoms with Crippen molar-refractivity contribution in [1.29, 1.82) is 0 Å². The van der Waals surface area contributed by atoms with Crippen LogP contribution < -0.4 is 0 Å². The Balaban J connectivity index is 2.33. The summed E-state index contributed by atoms with van der Waals surface area (Å²) in [6.45, 7) is 5.12. The SMILES string of the molecule is CC(C)c1c[nH]c(=S)n1Cc1ccc(Cl)s1. The summed E-state index contributed by atoms with van der Waals surface area (Å²) in [4.78, 5) is 4.32. The number of halogens is 1. The highest BCUT2D eigenvalue weighted by molar-refractivity contribution is 7.71. The zero-order valence-corrected chi connectivity index (χ0v) is 11.5. The Bertz CT molecular complexity index is 536. The molecule has 2 nitrogen and oxygen atoms in total. The van der Waals surface area contributed by atoms with Crippen LogP contribution in [0.3, 0.4) is 0 Å². The van der Waals surface area contributed by atoms with Gasteiger partial charge in [0, 0.05) is 16.8 Å². The molecule has 5 heteroatoms. The van der Waals surface area contributed by atoms with Gasteiger partial charge in [0.1, 0.15) is 0 Å². The average molecular weight is 273 g/mol. The zero-order chi connectivity index (χ0) is 11.7. The molecule has 86 valence electrons. The molecule has 2 aromatic heterocycles. The van der Waals surface area contributed by atoms with Gasteiger partial charge in [-0.15, -0.1) is 11.3 Å². The van der Waals surface area contributed by atoms with Crippen LogP contribution in [0.15, 0.2) is 18.3 Å². The van der Waals surface area contributed by atoms with Crippen LogP contribution in [0.1, 0.15) is 30.3 Å². The van der Waals surface area contributed by atoms with Gasteiger partial charge in [0.25, 0.3) is 0 Å². The molecule has 0 atom stereocenters. The molecule has 2 rings (SSSR count). The Labute approximate surface area is 109 Å². The molecular weight excluding hydrogens is 260 g/mol. The average Bonchev–Trinajstić information content (AvgIpc) is 2.76. The van der Waals surface area contributed by atoms with Gasteiger partial charge in [-0.3, -0.25) is 0 Å². The van der Waals surface area contributed by atoms with Crippen molar-refractivity contribution < 1.29 is 0 Å². The van der Waals surface area contributed by atoms with Gasteiger partial charge in [-0.2, -0.15) is 0 Å². The van der Waals surface area contributed by atoms with Crippen molar-refractivity contribution in [3.05, 3.63) is 38.0 Å². The van der Waals surface area contributed by atoms with Gasteiger partial charge >= 0.3 is 0 Å². The van der Waals surface area contributed by atoms with E-state index in [0.717, 1.165) is 15.7 Å². The van der Waals surface area contributed by atoms with Gasteiger partial charge < -0.3 is 9.55 Å². The second kappa shape index (κ2) is 4.73. The quantitative estimate of drug-likeness (QED) is 0.820. The molecule has 2 heterocycles. The van der Waals surface area contributed by atoms with E-state index in [1.165, 1.54) is 10.6 Å². The highest BCUT2D eigenvalue weighted by Crippen LogP contribution is 2.24. The van der Waals surface area contributed by atoms with Gasteiger partial charge in [-0.05, 0) is 30.3 Å². The Morgan fingerprint density at radius 2 is 2.25 bits per heavy atom. The second-order valence-electron chi connectivity index (χ2n) is 3.97. The van der Waals surface area contributed by atoms with E-state index >= 15 is 0 Å². The van der Waals surface area contributed by atoms with Crippen LogP contribution in [0.4, 0.5) is 0 Å². The number of nitrogens with one attached hydrogen (secondary N) is 1. The largest absolute Gasteiger partial charge is 0.337 e. The molecule has 0 unspecified atom stereocenters. The van der Waals surface area contributed by atoms with Gasteiger partial charge in [0.2, 0.25) is 0 Å². The number of thiophene rings is 1. The number of hydrogen-bond acceptors (Lipinski definition) is 2. The van der Waals surface area contributed by atoms with E-state index < -0.39 is 0 Å². The predicted octanol–water partition coefficient (Wildman–Crippen LogP) is 4.43. The van der Waals surface area contributed by atoms with E-state index in [2.05, 4.69) is 23.4 Å². The highest BCUT2D eigenvalue weighted by Gasteiger charge is 2.09. The van der Waals surface area contributed by atoms with E-state index in [9.17, 15) is 0 Å². The lowest BCUT2D eigenvalue weighted by atomic mass is 10.1. The smallest absolute Gasteiger partial charge is 0.177 e. The minimum absolute atomic E-state index is 0.461. The van der Waals surface area contributed by atoms with Crippen molar-refractivity contribution >= 4 is 35.2 Å². The summed E-state index contributed by atoms with van der Waals surface area (Å²) >= 11 is 12.8. The van der Waals surface area contributed by atoms with Crippen LogP contribution in [0, 0.1) is 4.77 Å². The molecule has 2 aromatic rings. The van der Waals surface area contributed by atoms with Crippen molar-refractivity contribution in [1.82, 2.24) is 9.55 Å².